The lowest BCUT2D eigenvalue weighted by Crippen LogP contribution is -2.31. The van der Waals surface area contributed by atoms with Crippen LogP contribution in [0.15, 0.2) is 22.7 Å². The Bertz CT molecular complexity index is 1010. The second-order valence-electron chi connectivity index (χ2n) is 6.40. The van der Waals surface area contributed by atoms with Crippen LogP contribution in [0, 0.1) is 12.7 Å². The summed E-state index contributed by atoms with van der Waals surface area (Å²) < 4.78 is 22.6. The molecule has 1 aromatic carbocycles. The van der Waals surface area contributed by atoms with Gasteiger partial charge in [-0.15, -0.1) is 11.3 Å². The number of fused-ring (bicyclic) bond motifs is 1. The summed E-state index contributed by atoms with van der Waals surface area (Å²) in [5, 5.41) is 9.23. The molecule has 1 saturated heterocycles. The smallest absolute Gasteiger partial charge is 0.346 e. The number of carbonyl (C=O) groups is 1. The summed E-state index contributed by atoms with van der Waals surface area (Å²) in [7, 11) is 0. The van der Waals surface area contributed by atoms with Crippen molar-refractivity contribution >= 4 is 43.6 Å². The number of hydrogen-bond acceptors (Lipinski definition) is 4. The molecular weight excluding hydrogens is 423 g/mol. The van der Waals surface area contributed by atoms with E-state index in [4.69, 9.17) is 4.74 Å². The van der Waals surface area contributed by atoms with Crippen LogP contribution in [0.2, 0.25) is 0 Å². The van der Waals surface area contributed by atoms with Crippen LogP contribution in [0.3, 0.4) is 0 Å². The number of aromatic nitrogens is 2. The summed E-state index contributed by atoms with van der Waals surface area (Å²) in [6.07, 6.45) is 1.40. The third-order valence-corrected chi connectivity index (χ3v) is 6.45. The summed E-state index contributed by atoms with van der Waals surface area (Å²) in [6.45, 7) is 3.25. The topological polar surface area (TPSA) is 64.3 Å². The van der Waals surface area contributed by atoms with E-state index in [1.54, 1.807) is 6.07 Å². The number of rotatable bonds is 5. The van der Waals surface area contributed by atoms with E-state index in [2.05, 4.69) is 20.9 Å². The monoisotopic (exact) mass is 438 g/mol. The third-order valence-electron chi connectivity index (χ3n) is 4.59. The molecule has 3 aromatic rings. The quantitative estimate of drug-likeness (QED) is 0.641. The molecule has 26 heavy (non-hydrogen) atoms. The van der Waals surface area contributed by atoms with Gasteiger partial charge in [0.05, 0.1) is 18.2 Å². The van der Waals surface area contributed by atoms with Crippen molar-refractivity contribution in [2.75, 3.05) is 6.61 Å². The van der Waals surface area contributed by atoms with E-state index in [0.717, 1.165) is 45.7 Å². The number of aromatic carboxylic acids is 1. The molecule has 0 spiro atoms. The van der Waals surface area contributed by atoms with Crippen LogP contribution in [-0.4, -0.2) is 33.3 Å². The Balaban J connectivity index is 1.75. The van der Waals surface area contributed by atoms with Crippen molar-refractivity contribution in [3.8, 4) is 0 Å². The zero-order chi connectivity index (χ0) is 18.4. The molecule has 1 atom stereocenters. The highest BCUT2D eigenvalue weighted by molar-refractivity contribution is 9.10. The summed E-state index contributed by atoms with van der Waals surface area (Å²) in [4.78, 5) is 16.8. The maximum absolute atomic E-state index is 14.4. The fraction of sp³-hybridized carbons (Fsp3) is 0.333. The van der Waals surface area contributed by atoms with E-state index in [9.17, 15) is 14.3 Å². The maximum atomic E-state index is 14.4. The minimum Gasteiger partial charge on any atom is -0.477 e. The molecule has 1 unspecified atom stereocenters. The Morgan fingerprint density at radius 1 is 1.50 bits per heavy atom. The van der Waals surface area contributed by atoms with Crippen LogP contribution >= 0.6 is 27.3 Å². The molecule has 136 valence electrons. The summed E-state index contributed by atoms with van der Waals surface area (Å²) in [5.41, 5.74) is 2.29. The van der Waals surface area contributed by atoms with E-state index in [1.165, 1.54) is 6.07 Å². The molecule has 1 aliphatic rings. The molecule has 2 aromatic heterocycles. The first kappa shape index (κ1) is 17.6. The van der Waals surface area contributed by atoms with E-state index in [0.29, 0.717) is 23.4 Å². The van der Waals surface area contributed by atoms with Crippen molar-refractivity contribution in [2.24, 2.45) is 0 Å². The molecule has 0 amide bonds. The van der Waals surface area contributed by atoms with E-state index >= 15 is 0 Å². The molecule has 1 N–H and O–H groups in total. The predicted molar refractivity (Wildman–Crippen MR) is 101 cm³/mol. The van der Waals surface area contributed by atoms with Gasteiger partial charge < -0.3 is 14.4 Å². The zero-order valence-electron chi connectivity index (χ0n) is 14.0. The summed E-state index contributed by atoms with van der Waals surface area (Å²) in [6, 6.07) is 4.92. The van der Waals surface area contributed by atoms with Gasteiger partial charge in [0.2, 0.25) is 0 Å². The van der Waals surface area contributed by atoms with Gasteiger partial charge in [0.1, 0.15) is 21.3 Å². The largest absolute Gasteiger partial charge is 0.477 e. The van der Waals surface area contributed by atoms with Gasteiger partial charge in [-0.3, -0.25) is 0 Å². The summed E-state index contributed by atoms with van der Waals surface area (Å²) >= 11 is 4.48. The van der Waals surface area contributed by atoms with Gasteiger partial charge in [0.15, 0.2) is 0 Å². The van der Waals surface area contributed by atoms with Crippen LogP contribution in [0.1, 0.15) is 33.0 Å². The predicted octanol–water partition coefficient (Wildman–Crippen LogP) is 4.39. The molecule has 5 nitrogen and oxygen atoms in total. The Morgan fingerprint density at radius 2 is 2.27 bits per heavy atom. The van der Waals surface area contributed by atoms with Gasteiger partial charge in [-0.2, -0.15) is 0 Å². The highest BCUT2D eigenvalue weighted by Gasteiger charge is 2.24. The lowest BCUT2D eigenvalue weighted by atomic mass is 10.1. The minimum absolute atomic E-state index is 0.0934. The van der Waals surface area contributed by atoms with E-state index in [-0.39, 0.29) is 16.8 Å². The number of imidazole rings is 1. The molecular formula is C18H16BrFN2O3S. The Hall–Kier alpha value is -1.77. The van der Waals surface area contributed by atoms with Crippen LogP contribution in [0.4, 0.5) is 4.39 Å². The molecule has 0 aliphatic carbocycles. The van der Waals surface area contributed by atoms with Gasteiger partial charge >= 0.3 is 5.97 Å². The number of carboxylic acid groups (broad SMARTS) is 1. The lowest BCUT2D eigenvalue weighted by Gasteiger charge is -2.27. The first-order chi connectivity index (χ1) is 12.4. The van der Waals surface area contributed by atoms with Crippen molar-refractivity contribution in [2.45, 2.75) is 32.4 Å². The SMILES string of the molecule is Cc1cc(Cc2nc3sc(C(=O)O)cc3n2CC2CCO2)c(F)cc1Br. The van der Waals surface area contributed by atoms with Crippen molar-refractivity contribution in [1.29, 1.82) is 0 Å². The third kappa shape index (κ3) is 3.17. The molecule has 4 rings (SSSR count). The molecule has 0 bridgehead atoms. The number of carboxylic acids is 1. The summed E-state index contributed by atoms with van der Waals surface area (Å²) in [5.74, 6) is -0.526. The number of nitrogens with zero attached hydrogens (tertiary/aromatic N) is 2. The Morgan fingerprint density at radius 3 is 2.92 bits per heavy atom. The van der Waals surface area contributed by atoms with Crippen LogP contribution in [0.25, 0.3) is 10.3 Å². The molecule has 1 aliphatic heterocycles. The van der Waals surface area contributed by atoms with Crippen molar-refractivity contribution in [1.82, 2.24) is 9.55 Å². The van der Waals surface area contributed by atoms with Gasteiger partial charge in [0.25, 0.3) is 0 Å². The average Bonchev–Trinajstić information content (AvgIpc) is 3.07. The van der Waals surface area contributed by atoms with Crippen LogP contribution in [-0.2, 0) is 17.7 Å². The van der Waals surface area contributed by atoms with Gasteiger partial charge in [-0.1, -0.05) is 22.0 Å². The normalized spacial score (nSPS) is 16.8. The standard InChI is InChI=1S/C18H16BrFN2O3S/c1-9-4-10(13(20)6-12(9)19)5-16-21-17-14(7-15(26-17)18(23)24)22(16)8-11-2-3-25-11/h4,6-7,11H,2-3,5,8H2,1H3,(H,23,24). The second-order valence-corrected chi connectivity index (χ2v) is 8.28. The van der Waals surface area contributed by atoms with Crippen molar-refractivity contribution < 1.29 is 19.0 Å². The van der Waals surface area contributed by atoms with Crippen LogP contribution < -0.4 is 0 Å². The average molecular weight is 439 g/mol. The lowest BCUT2D eigenvalue weighted by molar-refractivity contribution is -0.0589. The first-order valence-electron chi connectivity index (χ1n) is 8.20. The first-order valence-corrected chi connectivity index (χ1v) is 9.81. The number of aryl methyl sites for hydroxylation is 1. The van der Waals surface area contributed by atoms with Crippen molar-refractivity contribution in [3.63, 3.8) is 0 Å². The van der Waals surface area contributed by atoms with Gasteiger partial charge in [-0.05, 0) is 36.6 Å². The maximum Gasteiger partial charge on any atom is 0.346 e. The highest BCUT2D eigenvalue weighted by Crippen LogP contribution is 2.30. The number of hydrogen-bond donors (Lipinski definition) is 1. The molecule has 0 radical (unpaired) electrons. The molecule has 3 heterocycles. The van der Waals surface area contributed by atoms with Gasteiger partial charge in [0, 0.05) is 17.5 Å². The molecule has 1 fully saturated rings. The zero-order valence-corrected chi connectivity index (χ0v) is 16.4. The Kier molecular flexibility index (Phi) is 4.58. The number of benzene rings is 1. The fourth-order valence-electron chi connectivity index (χ4n) is 3.06. The fourth-order valence-corrected chi connectivity index (χ4v) is 4.27. The molecule has 8 heteroatoms. The van der Waals surface area contributed by atoms with Crippen molar-refractivity contribution in [3.05, 3.63) is 50.3 Å². The number of halogens is 2. The number of thiophene rings is 1. The second kappa shape index (κ2) is 6.75. The highest BCUT2D eigenvalue weighted by atomic mass is 79.9. The minimum atomic E-state index is -0.962. The van der Waals surface area contributed by atoms with Crippen LogP contribution in [0.5, 0.6) is 0 Å². The van der Waals surface area contributed by atoms with E-state index in [1.807, 2.05) is 17.6 Å². The van der Waals surface area contributed by atoms with Gasteiger partial charge in [-0.25, -0.2) is 14.2 Å². The molecule has 0 saturated carbocycles. The number of ether oxygens (including phenoxy) is 1. The van der Waals surface area contributed by atoms with E-state index < -0.39 is 5.97 Å². The Labute approximate surface area is 161 Å².